The molecule has 2 bridgehead atoms. The molecule has 102 valence electrons. The summed E-state index contributed by atoms with van der Waals surface area (Å²) in [6, 6.07) is 0. The Hall–Kier alpha value is 2.06. The summed E-state index contributed by atoms with van der Waals surface area (Å²) in [7, 11) is 0. The summed E-state index contributed by atoms with van der Waals surface area (Å²) in [5, 5.41) is -0.259. The lowest BCUT2D eigenvalue weighted by Crippen LogP contribution is -2.47. The van der Waals surface area contributed by atoms with E-state index >= 15 is 0 Å². The molecule has 0 radical (unpaired) electrons. The lowest BCUT2D eigenvalue weighted by atomic mass is 10.8. The summed E-state index contributed by atoms with van der Waals surface area (Å²) in [6.07, 6.45) is 0.555. The molecule has 0 aromatic heterocycles. The van der Waals surface area contributed by atoms with Crippen LogP contribution in [0.4, 0.5) is 0 Å². The highest BCUT2D eigenvalue weighted by Crippen LogP contribution is 2.79. The molecule has 3 aliphatic rings. The average molecular weight is 420 g/mol. The van der Waals surface area contributed by atoms with Crippen molar-refractivity contribution in [1.82, 2.24) is 0 Å². The number of rotatable bonds is 0. The van der Waals surface area contributed by atoms with E-state index in [4.69, 9.17) is 92.8 Å². The largest absolute Gasteiger partial charge is 0.166 e. The van der Waals surface area contributed by atoms with Gasteiger partial charge in [-0.15, -0.1) is 46.4 Å². The number of hydrogen-bond donors (Lipinski definition) is 0. The van der Waals surface area contributed by atoms with Gasteiger partial charge in [0.05, 0.1) is 20.8 Å². The number of alkyl halides is 6. The Morgan fingerprint density at radius 2 is 1.39 bits per heavy atom. The van der Waals surface area contributed by atoms with E-state index in [1.807, 2.05) is 0 Å². The third-order valence-electron chi connectivity index (χ3n) is 4.32. The molecule has 0 saturated heterocycles. The second kappa shape index (κ2) is 4.07. The molecule has 2 saturated carbocycles. The highest BCUT2D eigenvalue weighted by Gasteiger charge is 2.84. The Labute approximate surface area is 145 Å². The summed E-state index contributed by atoms with van der Waals surface area (Å²) < 4.78 is -1.50. The van der Waals surface area contributed by atoms with Crippen molar-refractivity contribution in [3.63, 3.8) is 0 Å². The molecular formula is C10H6Cl8. The Morgan fingerprint density at radius 3 is 1.94 bits per heavy atom. The molecule has 0 unspecified atom stereocenters. The number of fused-ring (bicyclic) bond motifs is 5. The SMILES string of the molecule is Cl[13C]1=[13C](Cl)[13C@]2(Cl)[13C@@H]3[13C@@H](Cl)[13C@H](Cl)[13CH2][13C@@H]3[13C@@]1(Cl)[13C]2(Cl)Cl. The van der Waals surface area contributed by atoms with Crippen LogP contribution in [0.5, 0.6) is 0 Å². The molecule has 0 N–H and O–H groups in total. The molecular weight excluding hydrogens is 414 g/mol. The maximum absolute atomic E-state index is 6.62. The van der Waals surface area contributed by atoms with E-state index in [0.29, 0.717) is 6.42 Å². The van der Waals surface area contributed by atoms with Gasteiger partial charge in [-0.3, -0.25) is 0 Å². The van der Waals surface area contributed by atoms with Crippen LogP contribution in [0.3, 0.4) is 0 Å². The van der Waals surface area contributed by atoms with Crippen LogP contribution in [0.1, 0.15) is 6.42 Å². The Bertz CT molecular complexity index is 459. The smallest absolute Gasteiger partial charge is 0.121 e. The number of halogens is 8. The predicted molar refractivity (Wildman–Crippen MR) is 81.2 cm³/mol. The van der Waals surface area contributed by atoms with E-state index in [2.05, 4.69) is 0 Å². The molecule has 2 fully saturated rings. The average Bonchev–Trinajstić information content (AvgIpc) is 2.69. The van der Waals surface area contributed by atoms with Gasteiger partial charge in [-0.1, -0.05) is 46.4 Å². The normalized spacial score (nSPS) is 57.3. The minimum atomic E-state index is -1.50. The molecule has 0 amide bonds. The first-order chi connectivity index (χ1) is 8.11. The second-order valence-electron chi connectivity index (χ2n) is 4.95. The molecule has 0 aromatic rings. The van der Waals surface area contributed by atoms with Crippen LogP contribution in [0.25, 0.3) is 0 Å². The van der Waals surface area contributed by atoms with Crippen molar-refractivity contribution in [2.45, 2.75) is 31.3 Å². The van der Waals surface area contributed by atoms with Crippen LogP contribution in [0.2, 0.25) is 0 Å². The molecule has 3 aliphatic carbocycles. The van der Waals surface area contributed by atoms with Gasteiger partial charge < -0.3 is 0 Å². The van der Waals surface area contributed by atoms with Crippen LogP contribution in [0, 0.1) is 11.8 Å². The summed E-state index contributed by atoms with van der Waals surface area (Å²) >= 11 is 51.0. The van der Waals surface area contributed by atoms with Crippen molar-refractivity contribution in [2.75, 3.05) is 0 Å². The maximum Gasteiger partial charge on any atom is 0.166 e. The third kappa shape index (κ3) is 1.28. The monoisotopic (exact) mass is 416 g/mol. The summed E-state index contributed by atoms with van der Waals surface area (Å²) in [6.45, 7) is 0. The Morgan fingerprint density at radius 1 is 0.889 bits per heavy atom. The van der Waals surface area contributed by atoms with Gasteiger partial charge >= 0.3 is 0 Å². The standard InChI is InChI=1S/C10H6Cl8/c11-3-1-2-4(5(3)12)9(16)7(14)6(13)8(2,15)10(9,17)18/h2-5H,1H2/t2-,3+,4-,5-,8-,9+/m0/s1/i1+1,2+1,3+1,4+1,5+1,6+1,7+1,8+1,9+1,10+1. The van der Waals surface area contributed by atoms with E-state index in [1.54, 1.807) is 0 Å². The zero-order chi connectivity index (χ0) is 13.7. The highest BCUT2D eigenvalue weighted by atomic mass is 35.5. The highest BCUT2D eigenvalue weighted by molar-refractivity contribution is 6.66. The minimum Gasteiger partial charge on any atom is -0.121 e. The van der Waals surface area contributed by atoms with E-state index in [1.165, 1.54) is 0 Å². The van der Waals surface area contributed by atoms with Gasteiger partial charge in [-0.25, -0.2) is 0 Å². The van der Waals surface area contributed by atoms with E-state index in [9.17, 15) is 0 Å². The van der Waals surface area contributed by atoms with E-state index < -0.39 is 19.5 Å². The lowest BCUT2D eigenvalue weighted by molar-refractivity contribution is 0.385. The molecule has 0 nitrogen and oxygen atoms in total. The molecule has 8 heteroatoms. The van der Waals surface area contributed by atoms with Crippen LogP contribution < -0.4 is 0 Å². The molecule has 0 aromatic carbocycles. The first-order valence-electron chi connectivity index (χ1n) is 5.21. The van der Waals surface area contributed by atoms with E-state index in [0.717, 1.165) is 0 Å². The topological polar surface area (TPSA) is 0 Å². The van der Waals surface area contributed by atoms with Crippen LogP contribution in [-0.2, 0) is 0 Å². The zero-order valence-corrected chi connectivity index (χ0v) is 14.6. The van der Waals surface area contributed by atoms with Gasteiger partial charge in [0.2, 0.25) is 0 Å². The first-order valence-corrected chi connectivity index (χ1v) is 8.35. The maximum atomic E-state index is 6.62. The first kappa shape index (κ1) is 15.0. The fraction of sp³-hybridized carbons (Fsp3) is 0.800. The van der Waals surface area contributed by atoms with Crippen molar-refractivity contribution in [2.24, 2.45) is 11.8 Å². The molecule has 3 rings (SSSR count). The number of allylic oxidation sites excluding steroid dienone is 2. The third-order valence-corrected chi connectivity index (χ3v) is 9.79. The van der Waals surface area contributed by atoms with Gasteiger partial charge in [0.15, 0.2) is 4.33 Å². The molecule has 0 heterocycles. The summed E-state index contributed by atoms with van der Waals surface area (Å²) in [5.74, 6) is -0.488. The lowest BCUT2D eigenvalue weighted by Gasteiger charge is -2.35. The van der Waals surface area contributed by atoms with Gasteiger partial charge in [0.1, 0.15) is 9.75 Å². The van der Waals surface area contributed by atoms with Crippen molar-refractivity contribution < 1.29 is 0 Å². The molecule has 6 atom stereocenters. The predicted octanol–water partition coefficient (Wildman–Crippen LogP) is 5.68. The van der Waals surface area contributed by atoms with Crippen molar-refractivity contribution in [3.8, 4) is 0 Å². The molecule has 0 spiro atoms. The van der Waals surface area contributed by atoms with Crippen LogP contribution in [0.15, 0.2) is 10.1 Å². The van der Waals surface area contributed by atoms with Gasteiger partial charge in [-0.2, -0.15) is 0 Å². The Balaban J connectivity index is 2.26. The van der Waals surface area contributed by atoms with Crippen LogP contribution >= 0.6 is 92.8 Å². The summed E-state index contributed by atoms with van der Waals surface area (Å²) in [5.41, 5.74) is 0. The van der Waals surface area contributed by atoms with Crippen molar-refractivity contribution >= 4 is 92.8 Å². The second-order valence-corrected chi connectivity index (χ2v) is 9.29. The number of hydrogen-bond acceptors (Lipinski definition) is 0. The van der Waals surface area contributed by atoms with Crippen LogP contribution in [-0.4, -0.2) is 24.8 Å². The Kier molecular flexibility index (Phi) is 3.39. The zero-order valence-electron chi connectivity index (χ0n) is 8.54. The van der Waals surface area contributed by atoms with Gasteiger partial charge in [0, 0.05) is 5.92 Å². The van der Waals surface area contributed by atoms with E-state index in [-0.39, 0.29) is 27.3 Å². The fourth-order valence-corrected chi connectivity index (χ4v) is 7.46. The molecule has 18 heavy (non-hydrogen) atoms. The molecule has 0 aliphatic heterocycles. The fourth-order valence-electron chi connectivity index (χ4n) is 3.48. The quantitative estimate of drug-likeness (QED) is 0.350. The van der Waals surface area contributed by atoms with Gasteiger partial charge in [-0.05, 0) is 12.3 Å². The summed E-state index contributed by atoms with van der Waals surface area (Å²) in [4.78, 5) is -2.50. The van der Waals surface area contributed by atoms with Crippen molar-refractivity contribution in [1.29, 1.82) is 0 Å². The van der Waals surface area contributed by atoms with Crippen molar-refractivity contribution in [3.05, 3.63) is 10.1 Å². The minimum absolute atomic E-state index is 0.184. The van der Waals surface area contributed by atoms with Gasteiger partial charge in [0.25, 0.3) is 0 Å².